The van der Waals surface area contributed by atoms with Crippen LogP contribution in [0.2, 0.25) is 0 Å². The van der Waals surface area contributed by atoms with Crippen molar-refractivity contribution in [1.82, 2.24) is 14.7 Å². The van der Waals surface area contributed by atoms with Gasteiger partial charge in [0.05, 0.1) is 17.8 Å². The maximum absolute atomic E-state index is 13.0. The summed E-state index contributed by atoms with van der Waals surface area (Å²) >= 11 is 0. The fourth-order valence-corrected chi connectivity index (χ4v) is 2.77. The molecule has 22 heavy (non-hydrogen) atoms. The maximum Gasteiger partial charge on any atom is 0.257 e. The third kappa shape index (κ3) is 2.91. The Morgan fingerprint density at radius 3 is 2.59 bits per heavy atom. The van der Waals surface area contributed by atoms with Crippen molar-refractivity contribution in [2.24, 2.45) is 13.0 Å². The quantitative estimate of drug-likeness (QED) is 0.849. The third-order valence-corrected chi connectivity index (χ3v) is 4.63. The minimum absolute atomic E-state index is 0.0777. The Kier molecular flexibility index (Phi) is 4.01. The Labute approximate surface area is 131 Å². The fourth-order valence-electron chi connectivity index (χ4n) is 2.77. The van der Waals surface area contributed by atoms with Gasteiger partial charge in [-0.1, -0.05) is 30.3 Å². The number of hydrogen-bond donors (Lipinski definition) is 0. The Hall–Kier alpha value is -2.10. The van der Waals surface area contributed by atoms with Gasteiger partial charge in [0.1, 0.15) is 0 Å². The van der Waals surface area contributed by atoms with Gasteiger partial charge in [-0.15, -0.1) is 0 Å². The molecule has 1 fully saturated rings. The van der Waals surface area contributed by atoms with Crippen molar-refractivity contribution in [2.75, 3.05) is 6.54 Å². The van der Waals surface area contributed by atoms with Gasteiger partial charge >= 0.3 is 0 Å². The average molecular weight is 297 g/mol. The Bertz CT molecular complexity index is 658. The lowest BCUT2D eigenvalue weighted by Crippen LogP contribution is -2.35. The lowest BCUT2D eigenvalue weighted by atomic mass is 10.1. The highest BCUT2D eigenvalue weighted by atomic mass is 16.2. The first-order valence-electron chi connectivity index (χ1n) is 7.92. The zero-order valence-electron chi connectivity index (χ0n) is 13.5. The summed E-state index contributed by atoms with van der Waals surface area (Å²) in [4.78, 5) is 15.0. The molecule has 1 aliphatic rings. The highest BCUT2D eigenvalue weighted by Crippen LogP contribution is 2.33. The molecule has 2 aromatic rings. The molecule has 4 heteroatoms. The van der Waals surface area contributed by atoms with Crippen LogP contribution in [0.3, 0.4) is 0 Å². The molecule has 1 heterocycles. The molecule has 0 saturated heterocycles. The van der Waals surface area contributed by atoms with Gasteiger partial charge in [-0.2, -0.15) is 5.10 Å². The minimum atomic E-state index is 0.0777. The lowest BCUT2D eigenvalue weighted by Gasteiger charge is -2.30. The molecule has 1 atom stereocenters. The number of nitrogens with zero attached hydrogens (tertiary/aromatic N) is 3. The highest BCUT2D eigenvalue weighted by Gasteiger charge is 2.31. The average Bonchev–Trinajstić information content (AvgIpc) is 3.30. The molecule has 1 aromatic heterocycles. The van der Waals surface area contributed by atoms with Crippen molar-refractivity contribution in [1.29, 1.82) is 0 Å². The molecule has 0 aliphatic heterocycles. The van der Waals surface area contributed by atoms with Crippen LogP contribution in [0.15, 0.2) is 36.5 Å². The van der Waals surface area contributed by atoms with E-state index in [-0.39, 0.29) is 11.9 Å². The van der Waals surface area contributed by atoms with Crippen LogP contribution in [-0.4, -0.2) is 27.1 Å². The van der Waals surface area contributed by atoms with Crippen molar-refractivity contribution in [3.8, 4) is 0 Å². The summed E-state index contributed by atoms with van der Waals surface area (Å²) < 4.78 is 1.76. The molecule has 1 saturated carbocycles. The molecule has 1 aromatic carbocycles. The van der Waals surface area contributed by atoms with Crippen LogP contribution in [0.5, 0.6) is 0 Å². The molecule has 0 radical (unpaired) electrons. The number of hydrogen-bond acceptors (Lipinski definition) is 2. The van der Waals surface area contributed by atoms with Gasteiger partial charge in [-0.3, -0.25) is 9.48 Å². The van der Waals surface area contributed by atoms with Gasteiger partial charge in [-0.05, 0) is 38.2 Å². The number of benzene rings is 1. The van der Waals surface area contributed by atoms with E-state index in [1.165, 1.54) is 18.4 Å². The van der Waals surface area contributed by atoms with Gasteiger partial charge in [-0.25, -0.2) is 0 Å². The van der Waals surface area contributed by atoms with Gasteiger partial charge < -0.3 is 4.90 Å². The standard InChI is InChI=1S/C18H23N3O/c1-13(16-7-5-4-6-8-16)21(12-15-9-10-15)18(22)17-11-19-20(3)14(17)2/h4-8,11,13,15H,9-10,12H2,1-3H3. The summed E-state index contributed by atoms with van der Waals surface area (Å²) in [7, 11) is 1.87. The molecule has 1 unspecified atom stereocenters. The number of carbonyl (C=O) groups is 1. The van der Waals surface area contributed by atoms with Crippen molar-refractivity contribution in [3.05, 3.63) is 53.3 Å². The predicted molar refractivity (Wildman–Crippen MR) is 86.6 cm³/mol. The molecular weight excluding hydrogens is 274 g/mol. The number of amides is 1. The van der Waals surface area contributed by atoms with E-state index in [0.29, 0.717) is 11.5 Å². The summed E-state index contributed by atoms with van der Waals surface area (Å²) in [6, 6.07) is 10.3. The third-order valence-electron chi connectivity index (χ3n) is 4.63. The minimum Gasteiger partial charge on any atom is -0.332 e. The van der Waals surface area contributed by atoms with Gasteiger partial charge in [0, 0.05) is 19.3 Å². The van der Waals surface area contributed by atoms with Crippen LogP contribution in [0, 0.1) is 12.8 Å². The van der Waals surface area contributed by atoms with Crippen LogP contribution >= 0.6 is 0 Å². The largest absolute Gasteiger partial charge is 0.332 e. The van der Waals surface area contributed by atoms with Crippen LogP contribution in [0.25, 0.3) is 0 Å². The number of carbonyl (C=O) groups excluding carboxylic acids is 1. The molecule has 4 nitrogen and oxygen atoms in total. The number of rotatable bonds is 5. The Morgan fingerprint density at radius 2 is 2.05 bits per heavy atom. The smallest absolute Gasteiger partial charge is 0.257 e. The van der Waals surface area contributed by atoms with E-state index in [1.54, 1.807) is 10.9 Å². The van der Waals surface area contributed by atoms with E-state index in [4.69, 9.17) is 0 Å². The lowest BCUT2D eigenvalue weighted by molar-refractivity contribution is 0.0679. The second-order valence-electron chi connectivity index (χ2n) is 6.25. The van der Waals surface area contributed by atoms with E-state index in [0.717, 1.165) is 12.2 Å². The first-order chi connectivity index (χ1) is 10.6. The Morgan fingerprint density at radius 1 is 1.36 bits per heavy atom. The van der Waals surface area contributed by atoms with Crippen LogP contribution in [0.4, 0.5) is 0 Å². The zero-order valence-corrected chi connectivity index (χ0v) is 13.5. The zero-order chi connectivity index (χ0) is 15.7. The first kappa shape index (κ1) is 14.8. The monoisotopic (exact) mass is 297 g/mol. The van der Waals surface area contributed by atoms with E-state index in [2.05, 4.69) is 24.2 Å². The summed E-state index contributed by atoms with van der Waals surface area (Å²) in [6.07, 6.45) is 4.16. The van der Waals surface area contributed by atoms with Crippen molar-refractivity contribution in [2.45, 2.75) is 32.7 Å². The van der Waals surface area contributed by atoms with Crippen molar-refractivity contribution in [3.63, 3.8) is 0 Å². The van der Waals surface area contributed by atoms with E-state index < -0.39 is 0 Å². The SMILES string of the molecule is Cc1c(C(=O)N(CC2CC2)C(C)c2ccccc2)cnn1C. The molecular formula is C18H23N3O. The van der Waals surface area contributed by atoms with Gasteiger partial charge in [0.15, 0.2) is 0 Å². The molecule has 116 valence electrons. The summed E-state index contributed by atoms with van der Waals surface area (Å²) in [5, 5.41) is 4.22. The summed E-state index contributed by atoms with van der Waals surface area (Å²) in [5.41, 5.74) is 2.81. The normalized spacial score (nSPS) is 15.6. The first-order valence-corrected chi connectivity index (χ1v) is 7.92. The number of aromatic nitrogens is 2. The maximum atomic E-state index is 13.0. The van der Waals surface area contributed by atoms with Crippen molar-refractivity contribution < 1.29 is 4.79 Å². The topological polar surface area (TPSA) is 38.1 Å². The molecule has 3 rings (SSSR count). The summed E-state index contributed by atoms with van der Waals surface area (Å²) in [5.74, 6) is 0.751. The van der Waals surface area contributed by atoms with E-state index >= 15 is 0 Å². The summed E-state index contributed by atoms with van der Waals surface area (Å²) in [6.45, 7) is 4.90. The fraction of sp³-hybridized carbons (Fsp3) is 0.444. The second kappa shape index (κ2) is 5.95. The van der Waals surface area contributed by atoms with Gasteiger partial charge in [0.25, 0.3) is 5.91 Å². The van der Waals surface area contributed by atoms with E-state index in [9.17, 15) is 4.79 Å². The molecule has 1 amide bonds. The van der Waals surface area contributed by atoms with Crippen molar-refractivity contribution >= 4 is 5.91 Å². The van der Waals surface area contributed by atoms with E-state index in [1.807, 2.05) is 37.1 Å². The molecule has 0 N–H and O–H groups in total. The number of aryl methyl sites for hydroxylation is 1. The van der Waals surface area contributed by atoms with Crippen LogP contribution in [0.1, 0.15) is 47.4 Å². The van der Waals surface area contributed by atoms with Crippen LogP contribution in [-0.2, 0) is 7.05 Å². The molecule has 0 bridgehead atoms. The highest BCUT2D eigenvalue weighted by molar-refractivity contribution is 5.95. The predicted octanol–water partition coefficient (Wildman–Crippen LogP) is 3.34. The molecule has 1 aliphatic carbocycles. The Balaban J connectivity index is 1.89. The van der Waals surface area contributed by atoms with Crippen LogP contribution < -0.4 is 0 Å². The van der Waals surface area contributed by atoms with Gasteiger partial charge in [0.2, 0.25) is 0 Å². The molecule has 0 spiro atoms. The second-order valence-corrected chi connectivity index (χ2v) is 6.25.